The summed E-state index contributed by atoms with van der Waals surface area (Å²) in [7, 11) is 1.96. The molecule has 1 aliphatic heterocycles. The molecule has 1 aromatic rings. The van der Waals surface area contributed by atoms with Crippen molar-refractivity contribution in [2.45, 2.75) is 43.8 Å². The minimum atomic E-state index is 0. The van der Waals surface area contributed by atoms with Gasteiger partial charge in [-0.25, -0.2) is 4.98 Å². The van der Waals surface area contributed by atoms with Gasteiger partial charge in [0.05, 0.1) is 24.3 Å². The number of imidazole rings is 1. The number of nitrogens with two attached hydrogens (primary N) is 1. The Bertz CT molecular complexity index is 447. The van der Waals surface area contributed by atoms with Crippen molar-refractivity contribution in [2.75, 3.05) is 0 Å². The van der Waals surface area contributed by atoms with Crippen LogP contribution in [0.5, 0.6) is 0 Å². The van der Waals surface area contributed by atoms with Crippen LogP contribution in [0, 0.1) is 0 Å². The third kappa shape index (κ3) is 2.88. The summed E-state index contributed by atoms with van der Waals surface area (Å²) in [6.07, 6.45) is 7.20. The molecule has 1 aromatic heterocycles. The number of aromatic nitrogens is 2. The summed E-state index contributed by atoms with van der Waals surface area (Å²) in [5, 5.41) is 0. The van der Waals surface area contributed by atoms with Gasteiger partial charge in [0.2, 0.25) is 5.91 Å². The van der Waals surface area contributed by atoms with Gasteiger partial charge in [0.1, 0.15) is 0 Å². The number of hydrogen-bond donors (Lipinski definition) is 1. The second-order valence-corrected chi connectivity index (χ2v) is 5.11. The van der Waals surface area contributed by atoms with E-state index in [-0.39, 0.29) is 42.8 Å². The molecule has 1 saturated carbocycles. The zero-order valence-corrected chi connectivity index (χ0v) is 12.5. The molecule has 2 heterocycles. The van der Waals surface area contributed by atoms with E-state index in [1.54, 1.807) is 6.33 Å². The van der Waals surface area contributed by atoms with Crippen LogP contribution in [0.25, 0.3) is 0 Å². The molecule has 5 nitrogen and oxygen atoms in total. The third-order valence-electron chi connectivity index (χ3n) is 3.78. The highest BCUT2D eigenvalue weighted by Gasteiger charge is 2.43. The van der Waals surface area contributed by atoms with E-state index in [0.717, 1.165) is 25.0 Å². The molecule has 2 fully saturated rings. The standard InChI is InChI=1S/C12H18N4O.2ClH/c1-15-7-14-6-10(15)12-9(13)4-5-11(17)16(12)8-2-3-8;;/h6-9,12H,2-5,13H2,1H3;2*1H/t9-,12-;;/m0../s1. The normalized spacial score (nSPS) is 26.6. The Labute approximate surface area is 125 Å². The lowest BCUT2D eigenvalue weighted by molar-refractivity contribution is -0.138. The van der Waals surface area contributed by atoms with E-state index in [9.17, 15) is 4.79 Å². The van der Waals surface area contributed by atoms with Crippen molar-refractivity contribution in [3.63, 3.8) is 0 Å². The fourth-order valence-corrected chi connectivity index (χ4v) is 2.74. The maximum absolute atomic E-state index is 12.1. The first kappa shape index (κ1) is 16.3. The van der Waals surface area contributed by atoms with Gasteiger partial charge in [-0.05, 0) is 19.3 Å². The number of carbonyl (C=O) groups is 1. The van der Waals surface area contributed by atoms with Gasteiger partial charge in [0.15, 0.2) is 0 Å². The number of nitrogens with zero attached hydrogens (tertiary/aromatic N) is 3. The van der Waals surface area contributed by atoms with Crippen LogP contribution in [0.4, 0.5) is 0 Å². The fourth-order valence-electron chi connectivity index (χ4n) is 2.74. The third-order valence-corrected chi connectivity index (χ3v) is 3.78. The second kappa shape index (κ2) is 6.11. The van der Waals surface area contributed by atoms with E-state index in [0.29, 0.717) is 12.5 Å². The first-order valence-electron chi connectivity index (χ1n) is 6.21. The minimum Gasteiger partial charge on any atom is -0.336 e. The van der Waals surface area contributed by atoms with E-state index >= 15 is 0 Å². The lowest BCUT2D eigenvalue weighted by Crippen LogP contribution is -2.50. The molecule has 2 aliphatic rings. The average molecular weight is 307 g/mol. The molecule has 1 saturated heterocycles. The quantitative estimate of drug-likeness (QED) is 0.898. The molecule has 19 heavy (non-hydrogen) atoms. The van der Waals surface area contributed by atoms with Crippen LogP contribution < -0.4 is 5.73 Å². The zero-order valence-electron chi connectivity index (χ0n) is 10.9. The topological polar surface area (TPSA) is 64.2 Å². The number of piperidine rings is 1. The monoisotopic (exact) mass is 306 g/mol. The largest absolute Gasteiger partial charge is 0.336 e. The van der Waals surface area contributed by atoms with Gasteiger partial charge in [-0.3, -0.25) is 4.79 Å². The highest BCUT2D eigenvalue weighted by atomic mass is 35.5. The fraction of sp³-hybridized carbons (Fsp3) is 0.667. The number of amides is 1. The first-order valence-corrected chi connectivity index (χ1v) is 6.21. The maximum atomic E-state index is 12.1. The molecule has 0 bridgehead atoms. The SMILES string of the molecule is Cl.Cl.Cn1cncc1[C@@H]1[C@@H](N)CCC(=O)N1C1CC1. The lowest BCUT2D eigenvalue weighted by Gasteiger charge is -2.40. The predicted molar refractivity (Wildman–Crippen MR) is 77.5 cm³/mol. The van der Waals surface area contributed by atoms with Crippen molar-refractivity contribution < 1.29 is 4.79 Å². The van der Waals surface area contributed by atoms with Gasteiger partial charge in [-0.2, -0.15) is 0 Å². The Morgan fingerprint density at radius 2 is 2.00 bits per heavy atom. The van der Waals surface area contributed by atoms with Crippen molar-refractivity contribution in [1.29, 1.82) is 0 Å². The molecular formula is C12H20Cl2N4O. The van der Waals surface area contributed by atoms with Crippen molar-refractivity contribution in [2.24, 2.45) is 12.8 Å². The van der Waals surface area contributed by atoms with Crippen molar-refractivity contribution in [3.05, 3.63) is 18.2 Å². The van der Waals surface area contributed by atoms with Crippen LogP contribution in [0.15, 0.2) is 12.5 Å². The summed E-state index contributed by atoms with van der Waals surface area (Å²) in [6.45, 7) is 0. The molecule has 0 unspecified atom stereocenters. The first-order chi connectivity index (χ1) is 8.18. The summed E-state index contributed by atoms with van der Waals surface area (Å²) < 4.78 is 1.97. The smallest absolute Gasteiger partial charge is 0.223 e. The van der Waals surface area contributed by atoms with Gasteiger partial charge in [-0.15, -0.1) is 24.8 Å². The number of aryl methyl sites for hydroxylation is 1. The number of likely N-dealkylation sites (tertiary alicyclic amines) is 1. The van der Waals surface area contributed by atoms with Gasteiger partial charge in [0, 0.05) is 25.6 Å². The van der Waals surface area contributed by atoms with E-state index in [4.69, 9.17) is 5.73 Å². The molecule has 108 valence electrons. The predicted octanol–water partition coefficient (Wildman–Crippen LogP) is 1.42. The van der Waals surface area contributed by atoms with Gasteiger partial charge >= 0.3 is 0 Å². The number of halogens is 2. The van der Waals surface area contributed by atoms with Crippen molar-refractivity contribution in [1.82, 2.24) is 14.5 Å². The van der Waals surface area contributed by atoms with Crippen LogP contribution in [0.3, 0.4) is 0 Å². The highest BCUT2D eigenvalue weighted by Crippen LogP contribution is 2.39. The zero-order chi connectivity index (χ0) is 12.0. The summed E-state index contributed by atoms with van der Waals surface area (Å²) >= 11 is 0. The lowest BCUT2D eigenvalue weighted by atomic mass is 9.93. The Hall–Kier alpha value is -0.780. The maximum Gasteiger partial charge on any atom is 0.223 e. The molecule has 0 radical (unpaired) electrons. The minimum absolute atomic E-state index is 0. The number of carbonyl (C=O) groups excluding carboxylic acids is 1. The second-order valence-electron chi connectivity index (χ2n) is 5.11. The van der Waals surface area contributed by atoms with Crippen LogP contribution in [0.1, 0.15) is 37.4 Å². The molecule has 1 aliphatic carbocycles. The average Bonchev–Trinajstić information content (AvgIpc) is 3.05. The van der Waals surface area contributed by atoms with Crippen molar-refractivity contribution in [3.8, 4) is 0 Å². The molecule has 2 N–H and O–H groups in total. The Morgan fingerprint density at radius 1 is 1.32 bits per heavy atom. The molecular weight excluding hydrogens is 287 g/mol. The van der Waals surface area contributed by atoms with Gasteiger partial charge in [-0.1, -0.05) is 0 Å². The Balaban J connectivity index is 0.000000902. The van der Waals surface area contributed by atoms with Gasteiger partial charge in [0.25, 0.3) is 0 Å². The van der Waals surface area contributed by atoms with Crippen LogP contribution >= 0.6 is 24.8 Å². The van der Waals surface area contributed by atoms with E-state index in [1.807, 2.05) is 22.7 Å². The Morgan fingerprint density at radius 3 is 2.53 bits per heavy atom. The molecule has 2 atom stereocenters. The van der Waals surface area contributed by atoms with Crippen LogP contribution in [-0.4, -0.2) is 32.4 Å². The highest BCUT2D eigenvalue weighted by molar-refractivity contribution is 5.85. The molecule has 3 rings (SSSR count). The van der Waals surface area contributed by atoms with Gasteiger partial charge < -0.3 is 15.2 Å². The van der Waals surface area contributed by atoms with E-state index in [1.165, 1.54) is 0 Å². The van der Waals surface area contributed by atoms with E-state index in [2.05, 4.69) is 4.98 Å². The summed E-state index contributed by atoms with van der Waals surface area (Å²) in [5.74, 6) is 0.250. The molecule has 7 heteroatoms. The summed E-state index contributed by atoms with van der Waals surface area (Å²) in [5.41, 5.74) is 7.28. The summed E-state index contributed by atoms with van der Waals surface area (Å²) in [4.78, 5) is 18.2. The Kier molecular flexibility index (Phi) is 5.24. The molecule has 0 spiro atoms. The molecule has 0 aromatic carbocycles. The van der Waals surface area contributed by atoms with Crippen LogP contribution in [-0.2, 0) is 11.8 Å². The number of hydrogen-bond acceptors (Lipinski definition) is 3. The van der Waals surface area contributed by atoms with Crippen molar-refractivity contribution >= 4 is 30.7 Å². The van der Waals surface area contributed by atoms with Crippen LogP contribution in [0.2, 0.25) is 0 Å². The summed E-state index contributed by atoms with van der Waals surface area (Å²) in [6, 6.07) is 0.452. The number of rotatable bonds is 2. The van der Waals surface area contributed by atoms with E-state index < -0.39 is 0 Å². The molecule has 1 amide bonds.